The number of sulfonamides is 1. The summed E-state index contributed by atoms with van der Waals surface area (Å²) in [5, 5.41) is 9.41. The fourth-order valence-corrected chi connectivity index (χ4v) is 5.88. The van der Waals surface area contributed by atoms with Gasteiger partial charge in [0.15, 0.2) is 0 Å². The molecule has 1 saturated carbocycles. The molecule has 1 amide bonds. The van der Waals surface area contributed by atoms with Gasteiger partial charge in [-0.3, -0.25) is 9.69 Å². The first kappa shape index (κ1) is 23.5. The Labute approximate surface area is 185 Å². The zero-order chi connectivity index (χ0) is 22.6. The number of amides is 1. The van der Waals surface area contributed by atoms with E-state index in [1.165, 1.54) is 19.2 Å². The second-order valence-electron chi connectivity index (χ2n) is 8.61. The largest absolute Gasteiger partial charge is 0.495 e. The maximum atomic E-state index is 13.1. The Hall–Kier alpha value is -2.15. The molecule has 1 saturated heterocycles. The summed E-state index contributed by atoms with van der Waals surface area (Å²) in [5.41, 5.74) is 0.321. The minimum Gasteiger partial charge on any atom is -0.495 e. The number of nitrogens with one attached hydrogen (secondary N) is 1. The number of nitrogens with zero attached hydrogens (tertiary/aromatic N) is 3. The highest BCUT2D eigenvalue weighted by molar-refractivity contribution is 7.89. The minimum atomic E-state index is -3.80. The summed E-state index contributed by atoms with van der Waals surface area (Å²) in [7, 11) is -2.37. The van der Waals surface area contributed by atoms with Crippen LogP contribution in [0.5, 0.6) is 5.75 Å². The molecule has 0 spiro atoms. The van der Waals surface area contributed by atoms with Crippen LogP contribution in [0.4, 0.5) is 0 Å². The summed E-state index contributed by atoms with van der Waals surface area (Å²) < 4.78 is 34.0. The van der Waals surface area contributed by atoms with Crippen molar-refractivity contribution in [3.05, 3.63) is 23.8 Å². The van der Waals surface area contributed by atoms with Crippen molar-refractivity contribution in [1.29, 1.82) is 5.26 Å². The molecule has 1 N–H and O–H groups in total. The predicted octanol–water partition coefficient (Wildman–Crippen LogP) is 2.22. The number of carbonyl (C=O) groups is 1. The van der Waals surface area contributed by atoms with Gasteiger partial charge in [0.05, 0.1) is 13.2 Å². The quantitative estimate of drug-likeness (QED) is 0.686. The zero-order valence-electron chi connectivity index (χ0n) is 18.5. The Morgan fingerprint density at radius 2 is 1.84 bits per heavy atom. The second kappa shape index (κ2) is 9.98. The molecule has 0 radical (unpaired) electrons. The van der Waals surface area contributed by atoms with Gasteiger partial charge >= 0.3 is 0 Å². The van der Waals surface area contributed by atoms with Gasteiger partial charge < -0.3 is 9.64 Å². The Balaban J connectivity index is 1.75. The van der Waals surface area contributed by atoms with Gasteiger partial charge in [-0.15, -0.1) is 0 Å². The van der Waals surface area contributed by atoms with Crippen LogP contribution >= 0.6 is 0 Å². The van der Waals surface area contributed by atoms with Crippen molar-refractivity contribution >= 4 is 15.9 Å². The molecule has 0 bridgehead atoms. The molecule has 1 aromatic rings. The van der Waals surface area contributed by atoms with Gasteiger partial charge in [-0.05, 0) is 37.0 Å². The summed E-state index contributed by atoms with van der Waals surface area (Å²) >= 11 is 0. The number of piperazine rings is 1. The number of hydrogen-bond donors (Lipinski definition) is 1. The van der Waals surface area contributed by atoms with Crippen LogP contribution in [0.1, 0.15) is 49.9 Å². The minimum absolute atomic E-state index is 0.00395. The third kappa shape index (κ3) is 5.37. The monoisotopic (exact) mass is 448 g/mol. The average molecular weight is 449 g/mol. The lowest BCUT2D eigenvalue weighted by atomic mass is 10.0. The van der Waals surface area contributed by atoms with Gasteiger partial charge in [-0.2, -0.15) is 5.26 Å². The summed E-state index contributed by atoms with van der Waals surface area (Å²) in [6.45, 7) is 6.27. The summed E-state index contributed by atoms with van der Waals surface area (Å²) in [5.74, 6) is 0.229. The first-order valence-corrected chi connectivity index (χ1v) is 12.4. The van der Waals surface area contributed by atoms with E-state index in [9.17, 15) is 18.5 Å². The lowest BCUT2D eigenvalue weighted by Gasteiger charge is -2.38. The van der Waals surface area contributed by atoms with Crippen LogP contribution in [0.15, 0.2) is 23.1 Å². The second-order valence-corrected chi connectivity index (χ2v) is 10.3. The van der Waals surface area contributed by atoms with E-state index in [1.807, 2.05) is 13.8 Å². The van der Waals surface area contributed by atoms with Gasteiger partial charge in [-0.25, -0.2) is 13.1 Å². The van der Waals surface area contributed by atoms with Crippen molar-refractivity contribution in [3.63, 3.8) is 0 Å². The highest BCUT2D eigenvalue weighted by Crippen LogP contribution is 2.28. The van der Waals surface area contributed by atoms with E-state index in [0.29, 0.717) is 31.7 Å². The molecule has 2 fully saturated rings. The average Bonchev–Trinajstić information content (AvgIpc) is 3.26. The molecule has 9 heteroatoms. The number of nitriles is 1. The molecule has 1 aliphatic carbocycles. The van der Waals surface area contributed by atoms with Crippen molar-refractivity contribution in [1.82, 2.24) is 14.5 Å². The first-order valence-electron chi connectivity index (χ1n) is 10.9. The SMILES string of the molecule is COc1ccc(C(=O)N2CCN(C(C#N)C(C)C)CC2)cc1S(=O)(=O)NC1CCCC1. The summed E-state index contributed by atoms with van der Waals surface area (Å²) in [4.78, 5) is 16.9. The lowest BCUT2D eigenvalue weighted by molar-refractivity contribution is 0.0576. The third-order valence-electron chi connectivity index (χ3n) is 6.14. The number of methoxy groups -OCH3 is 1. The van der Waals surface area contributed by atoms with Crippen molar-refractivity contribution in [2.75, 3.05) is 33.3 Å². The molecule has 1 aliphatic heterocycles. The van der Waals surface area contributed by atoms with E-state index in [4.69, 9.17) is 4.74 Å². The van der Waals surface area contributed by atoms with Crippen LogP contribution in [0, 0.1) is 17.2 Å². The predicted molar refractivity (Wildman–Crippen MR) is 117 cm³/mol. The van der Waals surface area contributed by atoms with E-state index in [1.54, 1.807) is 11.0 Å². The lowest BCUT2D eigenvalue weighted by Crippen LogP contribution is -2.52. The van der Waals surface area contributed by atoms with E-state index >= 15 is 0 Å². The molecule has 1 aromatic carbocycles. The Morgan fingerprint density at radius 3 is 2.39 bits per heavy atom. The molecule has 170 valence electrons. The van der Waals surface area contributed by atoms with Crippen molar-refractivity contribution in [2.24, 2.45) is 5.92 Å². The van der Waals surface area contributed by atoms with Gasteiger partial charge in [0, 0.05) is 37.8 Å². The first-order chi connectivity index (χ1) is 14.8. The maximum Gasteiger partial charge on any atom is 0.253 e. The van der Waals surface area contributed by atoms with Gasteiger partial charge in [0.2, 0.25) is 10.0 Å². The smallest absolute Gasteiger partial charge is 0.253 e. The van der Waals surface area contributed by atoms with Gasteiger partial charge in [0.25, 0.3) is 5.91 Å². The number of ether oxygens (including phenoxy) is 1. The normalized spacial score (nSPS) is 19.4. The summed E-state index contributed by atoms with van der Waals surface area (Å²) in [6, 6.07) is 6.66. The number of carbonyl (C=O) groups excluding carboxylic acids is 1. The third-order valence-corrected chi connectivity index (χ3v) is 7.68. The van der Waals surface area contributed by atoms with E-state index in [-0.39, 0.29) is 34.6 Å². The van der Waals surface area contributed by atoms with E-state index < -0.39 is 10.0 Å². The fourth-order valence-electron chi connectivity index (χ4n) is 4.38. The van der Waals surface area contributed by atoms with Crippen LogP contribution < -0.4 is 9.46 Å². The maximum absolute atomic E-state index is 13.1. The van der Waals surface area contributed by atoms with Crippen LogP contribution in [0.2, 0.25) is 0 Å². The standard InChI is InChI=1S/C22H32N4O4S/c1-16(2)19(15-23)25-10-12-26(13-11-25)22(27)17-8-9-20(30-3)21(14-17)31(28,29)24-18-6-4-5-7-18/h8-9,14,16,18-19,24H,4-7,10-13H2,1-3H3. The molecule has 3 rings (SSSR count). The topological polar surface area (TPSA) is 103 Å². The molecule has 1 atom stereocenters. The molecular weight excluding hydrogens is 416 g/mol. The number of benzene rings is 1. The summed E-state index contributed by atoms with van der Waals surface area (Å²) in [6.07, 6.45) is 3.67. The van der Waals surface area contributed by atoms with Crippen molar-refractivity contribution in [3.8, 4) is 11.8 Å². The highest BCUT2D eigenvalue weighted by atomic mass is 32.2. The fraction of sp³-hybridized carbons (Fsp3) is 0.636. The van der Waals surface area contributed by atoms with E-state index in [2.05, 4.69) is 15.7 Å². The van der Waals surface area contributed by atoms with Gasteiger partial charge in [-0.1, -0.05) is 26.7 Å². The van der Waals surface area contributed by atoms with Gasteiger partial charge in [0.1, 0.15) is 16.7 Å². The van der Waals surface area contributed by atoms with Crippen molar-refractivity contribution < 1.29 is 17.9 Å². The zero-order valence-corrected chi connectivity index (χ0v) is 19.3. The molecule has 0 aromatic heterocycles. The Morgan fingerprint density at radius 1 is 1.19 bits per heavy atom. The highest BCUT2D eigenvalue weighted by Gasteiger charge is 2.30. The molecular formula is C22H32N4O4S. The van der Waals surface area contributed by atoms with Crippen LogP contribution in [-0.2, 0) is 10.0 Å². The molecule has 2 aliphatic rings. The Kier molecular flexibility index (Phi) is 7.57. The van der Waals surface area contributed by atoms with Crippen LogP contribution in [0.3, 0.4) is 0 Å². The van der Waals surface area contributed by atoms with Crippen molar-refractivity contribution in [2.45, 2.75) is 56.5 Å². The van der Waals surface area contributed by atoms with Crippen LogP contribution in [0.25, 0.3) is 0 Å². The molecule has 1 unspecified atom stereocenters. The number of hydrogen-bond acceptors (Lipinski definition) is 6. The number of rotatable bonds is 7. The molecule has 1 heterocycles. The molecule has 31 heavy (non-hydrogen) atoms. The van der Waals surface area contributed by atoms with Crippen LogP contribution in [-0.4, -0.2) is 69.5 Å². The Bertz CT molecular complexity index is 927. The van der Waals surface area contributed by atoms with E-state index in [0.717, 1.165) is 25.7 Å². The molecule has 8 nitrogen and oxygen atoms in total.